The van der Waals surface area contributed by atoms with Gasteiger partial charge in [-0.15, -0.1) is 0 Å². The molecule has 0 radical (unpaired) electrons. The molecule has 1 unspecified atom stereocenters. The van der Waals surface area contributed by atoms with Crippen LogP contribution in [-0.2, 0) is 15.5 Å². The van der Waals surface area contributed by atoms with E-state index in [0.717, 1.165) is 6.92 Å². The maximum absolute atomic E-state index is 11.5. The molecule has 0 aliphatic rings. The lowest BCUT2D eigenvalue weighted by atomic mass is 10.4. The van der Waals surface area contributed by atoms with E-state index in [1.165, 1.54) is 0 Å². The molecule has 10 heavy (non-hydrogen) atoms. The van der Waals surface area contributed by atoms with Crippen molar-refractivity contribution >= 4 is 11.4 Å². The Morgan fingerprint density at radius 1 is 1.70 bits per heavy atom. The van der Waals surface area contributed by atoms with Crippen LogP contribution in [0.2, 0.25) is 0 Å². The first kappa shape index (κ1) is 9.67. The quantitative estimate of drug-likeness (QED) is 0.653. The van der Waals surface area contributed by atoms with Crippen molar-refractivity contribution in [3.8, 4) is 0 Å². The third-order valence-corrected chi connectivity index (χ3v) is 1.02. The second kappa shape index (κ2) is 4.48. The molecule has 0 saturated heterocycles. The molecule has 0 fully saturated rings. The molecule has 60 valence electrons. The van der Waals surface area contributed by atoms with Gasteiger partial charge in [-0.1, -0.05) is 0 Å². The largest absolute Gasteiger partial charge is 0.302 e. The summed E-state index contributed by atoms with van der Waals surface area (Å²) in [4.78, 5) is 0. The van der Waals surface area contributed by atoms with Gasteiger partial charge in [0, 0.05) is 5.57 Å². The van der Waals surface area contributed by atoms with Gasteiger partial charge in [-0.05, 0) is 6.92 Å². The zero-order valence-corrected chi connectivity index (χ0v) is 5.95. The van der Waals surface area contributed by atoms with E-state index in [0.29, 0.717) is 0 Å². The van der Waals surface area contributed by atoms with E-state index in [2.05, 4.69) is 4.18 Å². The number of hydrogen-bond donors (Lipinski definition) is 1. The van der Waals surface area contributed by atoms with E-state index < -0.39 is 24.0 Å². The molecular formula is C4H6F2O3S. The number of rotatable bonds is 3. The normalized spacial score (nSPS) is 12.8. The molecule has 0 saturated carbocycles. The molecular weight excluding hydrogens is 166 g/mol. The van der Waals surface area contributed by atoms with Crippen molar-refractivity contribution in [3.05, 3.63) is 11.7 Å². The van der Waals surface area contributed by atoms with Gasteiger partial charge in [0.1, 0.15) is 0 Å². The van der Waals surface area contributed by atoms with Crippen molar-refractivity contribution in [1.29, 1.82) is 0 Å². The molecule has 0 heterocycles. The lowest BCUT2D eigenvalue weighted by Crippen LogP contribution is -1.98. The Hall–Kier alpha value is -0.330. The van der Waals surface area contributed by atoms with Crippen molar-refractivity contribution in [1.82, 2.24) is 0 Å². The maximum Gasteiger partial charge on any atom is 0.302 e. The van der Waals surface area contributed by atoms with Crippen LogP contribution in [0, 0.1) is 0 Å². The molecule has 0 bridgehead atoms. The van der Waals surface area contributed by atoms with Crippen molar-refractivity contribution in [2.75, 3.05) is 6.61 Å². The summed E-state index contributed by atoms with van der Waals surface area (Å²) in [5, 5.41) is 0. The van der Waals surface area contributed by atoms with E-state index in [1.807, 2.05) is 0 Å². The Balaban J connectivity index is 3.71. The van der Waals surface area contributed by atoms with Crippen LogP contribution in [0.1, 0.15) is 6.92 Å². The predicted molar refractivity (Wildman–Crippen MR) is 31.6 cm³/mol. The average Bonchev–Trinajstić information content (AvgIpc) is 1.82. The summed E-state index contributed by atoms with van der Waals surface area (Å²) in [5.74, 6) is 0. The molecule has 1 N–H and O–H groups in total. The molecule has 0 aromatic heterocycles. The Morgan fingerprint density at radius 2 is 2.20 bits per heavy atom. The summed E-state index contributed by atoms with van der Waals surface area (Å²) in [6.07, 6.45) is -1.88. The van der Waals surface area contributed by atoms with Crippen molar-refractivity contribution in [2.45, 2.75) is 6.92 Å². The van der Waals surface area contributed by atoms with E-state index in [1.54, 1.807) is 0 Å². The molecule has 0 amide bonds. The molecule has 0 aromatic rings. The lowest BCUT2D eigenvalue weighted by Gasteiger charge is -1.95. The van der Waals surface area contributed by atoms with Crippen molar-refractivity contribution in [2.24, 2.45) is 0 Å². The standard InChI is InChI=1S/C4H6F2O3S/c1-3(4(5)6)2-9-10(7)8/h2H2,1H3,(H,7,8). The fourth-order valence-electron chi connectivity index (χ4n) is 0.193. The summed E-state index contributed by atoms with van der Waals surface area (Å²) in [6.45, 7) is 0.591. The summed E-state index contributed by atoms with van der Waals surface area (Å²) in [7, 11) is 0. The first-order valence-electron chi connectivity index (χ1n) is 2.29. The van der Waals surface area contributed by atoms with Crippen LogP contribution in [0.15, 0.2) is 11.7 Å². The summed E-state index contributed by atoms with van der Waals surface area (Å²) < 4.78 is 44.7. The van der Waals surface area contributed by atoms with Crippen LogP contribution in [0.25, 0.3) is 0 Å². The fraction of sp³-hybridized carbons (Fsp3) is 0.500. The average molecular weight is 172 g/mol. The van der Waals surface area contributed by atoms with Gasteiger partial charge >= 0.3 is 11.4 Å². The van der Waals surface area contributed by atoms with Gasteiger partial charge in [0.15, 0.2) is 0 Å². The second-order valence-corrected chi connectivity index (χ2v) is 2.19. The zero-order valence-electron chi connectivity index (χ0n) is 5.13. The third kappa shape index (κ3) is 4.54. The van der Waals surface area contributed by atoms with Crippen LogP contribution in [0.4, 0.5) is 8.78 Å². The highest BCUT2D eigenvalue weighted by Gasteiger charge is 2.01. The monoisotopic (exact) mass is 172 g/mol. The molecule has 3 nitrogen and oxygen atoms in total. The van der Waals surface area contributed by atoms with Crippen molar-refractivity contribution in [3.63, 3.8) is 0 Å². The van der Waals surface area contributed by atoms with Gasteiger partial charge < -0.3 is 0 Å². The van der Waals surface area contributed by atoms with Gasteiger partial charge in [0.25, 0.3) is 6.08 Å². The first-order valence-corrected chi connectivity index (χ1v) is 3.32. The Labute approximate surface area is 59.2 Å². The molecule has 0 aliphatic heterocycles. The highest BCUT2D eigenvalue weighted by molar-refractivity contribution is 7.74. The zero-order chi connectivity index (χ0) is 8.15. The smallest absolute Gasteiger partial charge is 0.284 e. The molecule has 0 spiro atoms. The maximum atomic E-state index is 11.5. The molecule has 0 rings (SSSR count). The van der Waals surface area contributed by atoms with E-state index in [9.17, 15) is 13.0 Å². The second-order valence-electron chi connectivity index (χ2n) is 1.52. The van der Waals surface area contributed by atoms with Gasteiger partial charge in [0.2, 0.25) is 0 Å². The van der Waals surface area contributed by atoms with Crippen LogP contribution < -0.4 is 0 Å². The highest BCUT2D eigenvalue weighted by Crippen LogP contribution is 2.06. The summed E-state index contributed by atoms with van der Waals surface area (Å²) >= 11 is -2.47. The number of halogens is 2. The molecule has 0 aliphatic carbocycles. The Kier molecular flexibility index (Phi) is 4.33. The van der Waals surface area contributed by atoms with Gasteiger partial charge in [-0.2, -0.15) is 13.0 Å². The minimum absolute atomic E-state index is 0.345. The van der Waals surface area contributed by atoms with E-state index in [4.69, 9.17) is 4.55 Å². The van der Waals surface area contributed by atoms with Crippen LogP contribution in [0.3, 0.4) is 0 Å². The lowest BCUT2D eigenvalue weighted by molar-refractivity contribution is 0.319. The van der Waals surface area contributed by atoms with Gasteiger partial charge in [-0.25, -0.2) is 0 Å². The Morgan fingerprint density at radius 3 is 2.50 bits per heavy atom. The SMILES string of the molecule is CC(COS(=O)O)=C(F)F. The first-order chi connectivity index (χ1) is 4.54. The number of hydrogen-bond acceptors (Lipinski definition) is 2. The predicted octanol–water partition coefficient (Wildman–Crippen LogP) is 1.31. The summed E-state index contributed by atoms with van der Waals surface area (Å²) in [5.41, 5.74) is -0.345. The summed E-state index contributed by atoms with van der Waals surface area (Å²) in [6, 6.07) is 0. The van der Waals surface area contributed by atoms with Gasteiger partial charge in [-0.3, -0.25) is 8.74 Å². The minimum atomic E-state index is -2.47. The van der Waals surface area contributed by atoms with Crippen molar-refractivity contribution < 1.29 is 21.7 Å². The highest BCUT2D eigenvalue weighted by atomic mass is 32.2. The van der Waals surface area contributed by atoms with Gasteiger partial charge in [0.05, 0.1) is 6.61 Å². The van der Waals surface area contributed by atoms with Crippen LogP contribution in [0.5, 0.6) is 0 Å². The van der Waals surface area contributed by atoms with Crippen LogP contribution in [-0.4, -0.2) is 15.4 Å². The Bertz CT molecular complexity index is 164. The topological polar surface area (TPSA) is 46.5 Å². The molecule has 1 atom stereocenters. The minimum Gasteiger partial charge on any atom is -0.284 e. The fourth-order valence-corrected chi connectivity index (χ4v) is 0.471. The van der Waals surface area contributed by atoms with Crippen LogP contribution >= 0.6 is 0 Å². The van der Waals surface area contributed by atoms with E-state index >= 15 is 0 Å². The molecule has 6 heteroatoms. The molecule has 0 aromatic carbocycles. The third-order valence-electron chi connectivity index (χ3n) is 0.699. The van der Waals surface area contributed by atoms with E-state index in [-0.39, 0.29) is 5.57 Å².